The summed E-state index contributed by atoms with van der Waals surface area (Å²) >= 11 is 0. The number of esters is 1. The molecule has 1 N–H and O–H groups in total. The van der Waals surface area contributed by atoms with Crippen molar-refractivity contribution >= 4 is 11.9 Å². The molecule has 6 nitrogen and oxygen atoms in total. The second-order valence-electron chi connectivity index (χ2n) is 6.73. The Bertz CT molecular complexity index is 979. The van der Waals surface area contributed by atoms with E-state index in [0.717, 1.165) is 12.8 Å². The van der Waals surface area contributed by atoms with Crippen LogP contribution in [0.1, 0.15) is 41.6 Å². The molecule has 1 fully saturated rings. The van der Waals surface area contributed by atoms with Gasteiger partial charge in [-0.25, -0.2) is 4.79 Å². The molecule has 0 aliphatic heterocycles. The molecule has 0 saturated heterocycles. The zero-order chi connectivity index (χ0) is 20.0. The first-order chi connectivity index (χ1) is 13.6. The topological polar surface area (TPSA) is 103 Å². The second kappa shape index (κ2) is 8.37. The summed E-state index contributed by atoms with van der Waals surface area (Å²) in [7, 11) is 0. The van der Waals surface area contributed by atoms with Gasteiger partial charge in [-0.3, -0.25) is 4.79 Å². The van der Waals surface area contributed by atoms with Crippen LogP contribution in [0.25, 0.3) is 11.1 Å². The van der Waals surface area contributed by atoms with E-state index in [1.807, 2.05) is 0 Å². The molecule has 3 rings (SSSR count). The summed E-state index contributed by atoms with van der Waals surface area (Å²) in [5, 5.41) is 21.4. The predicted octanol–water partition coefficient (Wildman–Crippen LogP) is 3.33. The van der Waals surface area contributed by atoms with Crippen LogP contribution in [0.2, 0.25) is 0 Å². The Morgan fingerprint density at radius 3 is 2.32 bits per heavy atom. The Kier molecular flexibility index (Phi) is 5.72. The fraction of sp³-hybridized carbons (Fsp3) is 0.273. The minimum absolute atomic E-state index is 0.272. The first-order valence-corrected chi connectivity index (χ1v) is 9.06. The van der Waals surface area contributed by atoms with Gasteiger partial charge in [-0.2, -0.15) is 10.5 Å². The van der Waals surface area contributed by atoms with Gasteiger partial charge in [0.15, 0.2) is 6.61 Å². The van der Waals surface area contributed by atoms with E-state index in [0.29, 0.717) is 29.5 Å². The van der Waals surface area contributed by atoms with Crippen LogP contribution in [-0.2, 0) is 9.53 Å². The Balaban J connectivity index is 1.73. The molecule has 1 saturated carbocycles. The standard InChI is InChI=1S/C22H19N3O3/c23-13-16-7-1-2-8-17(16)18-9-3-4-10-19(18)21(27)28-14-20(26)25-22(15-24)11-5-6-12-22/h1-4,7-10H,5-6,11-12,14H2,(H,25,26). The first-order valence-electron chi connectivity index (χ1n) is 9.06. The molecule has 0 heterocycles. The number of nitrogens with one attached hydrogen (secondary N) is 1. The van der Waals surface area contributed by atoms with Gasteiger partial charge in [0.05, 0.1) is 23.3 Å². The van der Waals surface area contributed by atoms with Crippen LogP contribution >= 0.6 is 0 Å². The molecule has 0 unspecified atom stereocenters. The van der Waals surface area contributed by atoms with Crippen molar-refractivity contribution in [1.82, 2.24) is 5.32 Å². The minimum Gasteiger partial charge on any atom is -0.452 e. The van der Waals surface area contributed by atoms with E-state index in [4.69, 9.17) is 4.74 Å². The second-order valence-corrected chi connectivity index (χ2v) is 6.73. The third-order valence-electron chi connectivity index (χ3n) is 4.87. The van der Waals surface area contributed by atoms with Crippen molar-refractivity contribution in [2.45, 2.75) is 31.2 Å². The van der Waals surface area contributed by atoms with Crippen LogP contribution in [0.5, 0.6) is 0 Å². The molecule has 2 aromatic rings. The van der Waals surface area contributed by atoms with Crippen LogP contribution in [0.3, 0.4) is 0 Å². The highest BCUT2D eigenvalue weighted by molar-refractivity contribution is 5.99. The molecule has 1 aliphatic rings. The molecule has 0 bridgehead atoms. The highest BCUT2D eigenvalue weighted by Crippen LogP contribution is 2.29. The Morgan fingerprint density at radius 1 is 1.00 bits per heavy atom. The molecule has 1 amide bonds. The van der Waals surface area contributed by atoms with Gasteiger partial charge < -0.3 is 10.1 Å². The molecule has 0 aromatic heterocycles. The van der Waals surface area contributed by atoms with Crippen LogP contribution in [0, 0.1) is 22.7 Å². The van der Waals surface area contributed by atoms with E-state index < -0.39 is 24.0 Å². The van der Waals surface area contributed by atoms with E-state index in [9.17, 15) is 20.1 Å². The van der Waals surface area contributed by atoms with Crippen LogP contribution in [0.4, 0.5) is 0 Å². The van der Waals surface area contributed by atoms with Crippen molar-refractivity contribution in [3.8, 4) is 23.3 Å². The molecule has 2 aromatic carbocycles. The molecule has 28 heavy (non-hydrogen) atoms. The van der Waals surface area contributed by atoms with Gasteiger partial charge in [-0.05, 0) is 43.4 Å². The Hall–Kier alpha value is -3.64. The maximum Gasteiger partial charge on any atom is 0.339 e. The smallest absolute Gasteiger partial charge is 0.339 e. The number of carbonyl (C=O) groups excluding carboxylic acids is 2. The Labute approximate surface area is 163 Å². The predicted molar refractivity (Wildman–Crippen MR) is 102 cm³/mol. The normalized spacial score (nSPS) is 14.5. The highest BCUT2D eigenvalue weighted by Gasteiger charge is 2.35. The number of nitriles is 2. The fourth-order valence-electron chi connectivity index (χ4n) is 3.47. The van der Waals surface area contributed by atoms with E-state index in [1.165, 1.54) is 0 Å². The van der Waals surface area contributed by atoms with E-state index in [-0.39, 0.29) is 5.56 Å². The largest absolute Gasteiger partial charge is 0.452 e. The average molecular weight is 373 g/mol. The van der Waals surface area contributed by atoms with Crippen LogP contribution in [0.15, 0.2) is 48.5 Å². The fourth-order valence-corrected chi connectivity index (χ4v) is 3.47. The lowest BCUT2D eigenvalue weighted by atomic mass is 9.96. The number of ether oxygens (including phenoxy) is 1. The van der Waals surface area contributed by atoms with Crippen molar-refractivity contribution in [1.29, 1.82) is 10.5 Å². The molecular formula is C22H19N3O3. The lowest BCUT2D eigenvalue weighted by molar-refractivity contribution is -0.125. The Morgan fingerprint density at radius 2 is 1.64 bits per heavy atom. The lowest BCUT2D eigenvalue weighted by Gasteiger charge is -2.21. The summed E-state index contributed by atoms with van der Waals surface area (Å²) in [5.41, 5.74) is 1.05. The highest BCUT2D eigenvalue weighted by atomic mass is 16.5. The maximum atomic E-state index is 12.6. The van der Waals surface area contributed by atoms with E-state index >= 15 is 0 Å². The summed E-state index contributed by atoms with van der Waals surface area (Å²) in [4.78, 5) is 24.8. The summed E-state index contributed by atoms with van der Waals surface area (Å²) in [6.45, 7) is -0.462. The number of carbonyl (C=O) groups is 2. The summed E-state index contributed by atoms with van der Waals surface area (Å²) in [6, 6.07) is 18.0. The SMILES string of the molecule is N#Cc1ccccc1-c1ccccc1C(=O)OCC(=O)NC1(C#N)CCCC1. The zero-order valence-corrected chi connectivity index (χ0v) is 15.3. The molecule has 1 aliphatic carbocycles. The van der Waals surface area contributed by atoms with Gasteiger partial charge in [-0.15, -0.1) is 0 Å². The van der Waals surface area contributed by atoms with Gasteiger partial charge in [0, 0.05) is 5.56 Å². The number of rotatable bonds is 5. The van der Waals surface area contributed by atoms with Crippen molar-refractivity contribution in [2.24, 2.45) is 0 Å². The molecule has 140 valence electrons. The summed E-state index contributed by atoms with van der Waals surface area (Å²) in [5.74, 6) is -1.15. The van der Waals surface area contributed by atoms with Gasteiger partial charge in [0.2, 0.25) is 0 Å². The van der Waals surface area contributed by atoms with Crippen LogP contribution < -0.4 is 5.32 Å². The van der Waals surface area contributed by atoms with Crippen LogP contribution in [-0.4, -0.2) is 24.0 Å². The van der Waals surface area contributed by atoms with E-state index in [2.05, 4.69) is 17.5 Å². The third-order valence-corrected chi connectivity index (χ3v) is 4.87. The number of amides is 1. The number of nitrogens with zero attached hydrogens (tertiary/aromatic N) is 2. The molecular weight excluding hydrogens is 354 g/mol. The van der Waals surface area contributed by atoms with Crippen molar-refractivity contribution in [3.63, 3.8) is 0 Å². The van der Waals surface area contributed by atoms with Gasteiger partial charge in [0.25, 0.3) is 5.91 Å². The third kappa shape index (κ3) is 4.02. The van der Waals surface area contributed by atoms with Crippen molar-refractivity contribution in [2.75, 3.05) is 6.61 Å². The monoisotopic (exact) mass is 373 g/mol. The lowest BCUT2D eigenvalue weighted by Crippen LogP contribution is -2.46. The van der Waals surface area contributed by atoms with E-state index in [1.54, 1.807) is 48.5 Å². The zero-order valence-electron chi connectivity index (χ0n) is 15.3. The average Bonchev–Trinajstić information content (AvgIpc) is 3.21. The summed E-state index contributed by atoms with van der Waals surface area (Å²) in [6.07, 6.45) is 2.99. The number of hydrogen-bond acceptors (Lipinski definition) is 5. The quantitative estimate of drug-likeness (QED) is 0.810. The van der Waals surface area contributed by atoms with Crippen molar-refractivity contribution in [3.05, 3.63) is 59.7 Å². The molecule has 0 spiro atoms. The van der Waals surface area contributed by atoms with Gasteiger partial charge in [0.1, 0.15) is 5.54 Å². The van der Waals surface area contributed by atoms with Crippen molar-refractivity contribution < 1.29 is 14.3 Å². The maximum absolute atomic E-state index is 12.6. The van der Waals surface area contributed by atoms with Gasteiger partial charge >= 0.3 is 5.97 Å². The van der Waals surface area contributed by atoms with Gasteiger partial charge in [-0.1, -0.05) is 36.4 Å². The number of hydrogen-bond donors (Lipinski definition) is 1. The first kappa shape index (κ1) is 19.1. The minimum atomic E-state index is -0.854. The molecule has 6 heteroatoms. The molecule has 0 radical (unpaired) electrons. The molecule has 0 atom stereocenters. The summed E-state index contributed by atoms with van der Waals surface area (Å²) < 4.78 is 5.18. The number of benzene rings is 2.